The van der Waals surface area contributed by atoms with Crippen molar-refractivity contribution < 1.29 is 58.9 Å². The number of allylic oxidation sites excluding steroid dienone is 4. The molecule has 12 heteroatoms. The Balaban J connectivity index is 1.43. The molecule has 52 heavy (non-hydrogen) atoms. The van der Waals surface area contributed by atoms with Gasteiger partial charge >= 0.3 is 23.9 Å². The van der Waals surface area contributed by atoms with Gasteiger partial charge < -0.3 is 39.7 Å². The number of ether oxygens (including phenoxy) is 3. The van der Waals surface area contributed by atoms with Crippen LogP contribution in [0.4, 0.5) is 0 Å². The Labute approximate surface area is 303 Å². The van der Waals surface area contributed by atoms with Crippen LogP contribution < -0.4 is 0 Å². The number of carboxylic acids is 3. The topological polar surface area (TPSA) is 197 Å². The van der Waals surface area contributed by atoms with Crippen molar-refractivity contribution in [2.45, 2.75) is 113 Å². The van der Waals surface area contributed by atoms with E-state index in [1.807, 2.05) is 62.4 Å². The van der Waals surface area contributed by atoms with Crippen molar-refractivity contribution in [1.29, 1.82) is 0 Å². The first kappa shape index (κ1) is 40.4. The van der Waals surface area contributed by atoms with E-state index in [0.29, 0.717) is 0 Å². The molecule has 2 fully saturated rings. The van der Waals surface area contributed by atoms with Crippen LogP contribution in [0.5, 0.6) is 0 Å². The van der Waals surface area contributed by atoms with Crippen LogP contribution in [0.25, 0.3) is 0 Å². The molecular weight excluding hydrogens is 672 g/mol. The van der Waals surface area contributed by atoms with Gasteiger partial charge in [-0.3, -0.25) is 4.79 Å². The molecule has 2 aromatic carbocycles. The zero-order chi connectivity index (χ0) is 37.9. The minimum Gasteiger partial charge on any atom is -0.479 e. The Kier molecular flexibility index (Phi) is 13.9. The second-order valence-corrected chi connectivity index (χ2v) is 13.9. The number of carbonyl (C=O) groups is 4. The summed E-state index contributed by atoms with van der Waals surface area (Å²) in [7, 11) is 0. The Morgan fingerprint density at radius 1 is 0.808 bits per heavy atom. The molecule has 0 unspecified atom stereocenters. The molecule has 282 valence electrons. The minimum atomic E-state index is -3.80. The number of benzene rings is 2. The standard InChI is InChI=1S/C40H50O12/c1-27(17-13-23-29-19-5-3-6-20-29)15-9-10-25-31(41)50-33-32(42)38(26-12-11-16-28(2)18-14-24-30-21-7-4-8-22-30)51-34(35(43)44)39(49,36(45)46)40(33,52-38)37(47)48/h3-9,11,15-16,19-22,27-28,32-34,42,49H,10,12-14,17-18,23-26H2,1-2H3,(H,43,44)(H,45,46)(H,47,48)/b15-9+,16-11+/t27-,28-,32+,33+,34+,38-,39+,40-/m0/s1. The van der Waals surface area contributed by atoms with E-state index in [9.17, 15) is 44.7 Å². The van der Waals surface area contributed by atoms with Crippen molar-refractivity contribution in [3.63, 3.8) is 0 Å². The van der Waals surface area contributed by atoms with Crippen LogP contribution in [0.3, 0.4) is 0 Å². The predicted molar refractivity (Wildman–Crippen MR) is 189 cm³/mol. The molecule has 0 aromatic heterocycles. The number of carbonyl (C=O) groups excluding carboxylic acids is 1. The van der Waals surface area contributed by atoms with E-state index in [1.165, 1.54) is 11.1 Å². The number of rotatable bonds is 20. The molecule has 2 aliphatic heterocycles. The van der Waals surface area contributed by atoms with Gasteiger partial charge in [0.1, 0.15) is 6.10 Å². The van der Waals surface area contributed by atoms with Crippen LogP contribution in [0.2, 0.25) is 0 Å². The van der Waals surface area contributed by atoms with Gasteiger partial charge in [-0.2, -0.15) is 0 Å². The summed E-state index contributed by atoms with van der Waals surface area (Å²) >= 11 is 0. The molecule has 0 radical (unpaired) electrons. The first-order valence-corrected chi connectivity index (χ1v) is 17.9. The highest BCUT2D eigenvalue weighted by Crippen LogP contribution is 2.55. The van der Waals surface area contributed by atoms with E-state index in [2.05, 4.69) is 24.3 Å². The van der Waals surface area contributed by atoms with E-state index in [1.54, 1.807) is 12.2 Å². The third-order valence-corrected chi connectivity index (χ3v) is 9.90. The molecule has 0 aliphatic carbocycles. The molecule has 0 saturated carbocycles. The number of hydrogen-bond donors (Lipinski definition) is 5. The second kappa shape index (κ2) is 17.9. The summed E-state index contributed by atoms with van der Waals surface area (Å²) in [6.07, 6.45) is 5.33. The highest BCUT2D eigenvalue weighted by atomic mass is 16.8. The van der Waals surface area contributed by atoms with E-state index in [0.717, 1.165) is 38.5 Å². The monoisotopic (exact) mass is 722 g/mol. The lowest BCUT2D eigenvalue weighted by Crippen LogP contribution is -2.78. The van der Waals surface area contributed by atoms with Crippen LogP contribution >= 0.6 is 0 Å². The largest absolute Gasteiger partial charge is 0.479 e. The lowest BCUT2D eigenvalue weighted by molar-refractivity contribution is -0.373. The zero-order valence-corrected chi connectivity index (χ0v) is 29.6. The Morgan fingerprint density at radius 2 is 1.33 bits per heavy atom. The lowest BCUT2D eigenvalue weighted by atomic mass is 9.74. The number of hydrogen-bond acceptors (Lipinski definition) is 9. The summed E-state index contributed by atoms with van der Waals surface area (Å²) in [5.74, 6) is -9.55. The smallest absolute Gasteiger partial charge is 0.344 e. The van der Waals surface area contributed by atoms with Gasteiger partial charge in [-0.15, -0.1) is 0 Å². The van der Waals surface area contributed by atoms with Crippen LogP contribution in [-0.4, -0.2) is 84.7 Å². The van der Waals surface area contributed by atoms with E-state index < -0.39 is 59.2 Å². The third kappa shape index (κ3) is 8.98. The number of aliphatic carboxylic acids is 3. The van der Waals surface area contributed by atoms with E-state index in [-0.39, 0.29) is 37.5 Å². The number of esters is 1. The molecule has 0 amide bonds. The quantitative estimate of drug-likeness (QED) is 0.0897. The molecule has 2 bridgehead atoms. The number of aliphatic hydroxyl groups excluding tert-OH is 1. The third-order valence-electron chi connectivity index (χ3n) is 9.90. The fourth-order valence-electron chi connectivity index (χ4n) is 7.03. The molecule has 2 aromatic rings. The predicted octanol–water partition coefficient (Wildman–Crippen LogP) is 5.10. The molecule has 12 nitrogen and oxygen atoms in total. The SMILES string of the molecule is C[C@@H](/C=C/CCC(=O)O[C@@H]1[C@@H](O)[C@@]2(CC/C=C/[C@H](C)CCCc3ccccc3)O[C@H](C(=O)O)[C@@](O)(C(=O)O)[C@]1(C(=O)O)O2)CCCc1ccccc1. The van der Waals surface area contributed by atoms with Gasteiger partial charge in [0.15, 0.2) is 6.10 Å². The Bertz CT molecular complexity index is 1580. The maximum absolute atomic E-state index is 13.1. The molecule has 5 N–H and O–H groups in total. The Hall–Kier alpha value is -4.36. The summed E-state index contributed by atoms with van der Waals surface area (Å²) in [6, 6.07) is 20.1. The van der Waals surface area contributed by atoms with E-state index >= 15 is 0 Å². The average molecular weight is 723 g/mol. The second-order valence-electron chi connectivity index (χ2n) is 13.9. The molecule has 8 atom stereocenters. The van der Waals surface area contributed by atoms with Crippen LogP contribution in [-0.2, 0) is 46.2 Å². The molecular formula is C40H50O12. The number of aliphatic hydroxyl groups is 2. The molecule has 0 spiro atoms. The lowest BCUT2D eigenvalue weighted by Gasteiger charge is -2.48. The molecule has 2 aliphatic rings. The van der Waals surface area contributed by atoms with Gasteiger partial charge in [-0.25, -0.2) is 14.4 Å². The van der Waals surface area contributed by atoms with Crippen LogP contribution in [0.15, 0.2) is 85.0 Å². The van der Waals surface area contributed by atoms with E-state index in [4.69, 9.17) is 14.2 Å². The first-order chi connectivity index (χ1) is 24.8. The van der Waals surface area contributed by atoms with Crippen molar-refractivity contribution in [2.75, 3.05) is 0 Å². The number of fused-ring (bicyclic) bond motifs is 2. The normalized spacial score (nSPS) is 28.1. The summed E-state index contributed by atoms with van der Waals surface area (Å²) in [5.41, 5.74) is -4.75. The fraction of sp³-hybridized carbons (Fsp3) is 0.500. The van der Waals surface area contributed by atoms with Crippen molar-refractivity contribution in [2.24, 2.45) is 11.8 Å². The number of aryl methyl sites for hydroxylation is 2. The minimum absolute atomic E-state index is 0.0859. The van der Waals surface area contributed by atoms with Gasteiger partial charge in [-0.1, -0.05) is 98.8 Å². The van der Waals surface area contributed by atoms with Crippen LogP contribution in [0.1, 0.15) is 76.3 Å². The van der Waals surface area contributed by atoms with Gasteiger partial charge in [0.25, 0.3) is 0 Å². The fourth-order valence-corrected chi connectivity index (χ4v) is 7.03. The average Bonchev–Trinajstić information content (AvgIpc) is 3.32. The Morgan fingerprint density at radius 3 is 1.81 bits per heavy atom. The van der Waals surface area contributed by atoms with Crippen molar-refractivity contribution >= 4 is 23.9 Å². The summed E-state index contributed by atoms with van der Waals surface area (Å²) in [4.78, 5) is 50.8. The zero-order valence-electron chi connectivity index (χ0n) is 29.6. The van der Waals surface area contributed by atoms with Gasteiger partial charge in [0.2, 0.25) is 23.1 Å². The molecule has 2 saturated heterocycles. The van der Waals surface area contributed by atoms with Crippen molar-refractivity contribution in [1.82, 2.24) is 0 Å². The molecule has 2 heterocycles. The first-order valence-electron chi connectivity index (χ1n) is 17.9. The highest BCUT2D eigenvalue weighted by Gasteiger charge is 2.85. The maximum Gasteiger partial charge on any atom is 0.344 e. The summed E-state index contributed by atoms with van der Waals surface area (Å²) < 4.78 is 16.6. The molecule has 4 rings (SSSR count). The van der Waals surface area contributed by atoms with Gasteiger partial charge in [-0.05, 0) is 74.3 Å². The summed E-state index contributed by atoms with van der Waals surface area (Å²) in [5, 5.41) is 53.3. The van der Waals surface area contributed by atoms with Crippen molar-refractivity contribution in [3.05, 3.63) is 96.1 Å². The summed E-state index contributed by atoms with van der Waals surface area (Å²) in [6.45, 7) is 4.05. The van der Waals surface area contributed by atoms with Crippen LogP contribution in [0, 0.1) is 11.8 Å². The van der Waals surface area contributed by atoms with Gasteiger partial charge in [0.05, 0.1) is 0 Å². The maximum atomic E-state index is 13.1. The highest BCUT2D eigenvalue weighted by molar-refractivity contribution is 5.98. The van der Waals surface area contributed by atoms with Crippen molar-refractivity contribution in [3.8, 4) is 0 Å². The number of carboxylic acid groups (broad SMARTS) is 3. The van der Waals surface area contributed by atoms with Gasteiger partial charge in [0, 0.05) is 12.8 Å².